The number of likely N-dealkylation sites (tertiary alicyclic amines) is 1. The molecule has 1 heterocycles. The molecule has 116 valence electrons. The summed E-state index contributed by atoms with van der Waals surface area (Å²) in [5, 5.41) is 0.748. The summed E-state index contributed by atoms with van der Waals surface area (Å²) in [7, 11) is 0. The number of nitrogens with zero attached hydrogens (tertiary/aromatic N) is 1. The van der Waals surface area contributed by atoms with E-state index in [4.69, 9.17) is 16.3 Å². The van der Waals surface area contributed by atoms with Crippen LogP contribution in [0.5, 0.6) is 5.75 Å². The third kappa shape index (κ3) is 5.05. The predicted octanol–water partition coefficient (Wildman–Crippen LogP) is 4.43. The summed E-state index contributed by atoms with van der Waals surface area (Å²) in [6, 6.07) is 5.81. The van der Waals surface area contributed by atoms with Gasteiger partial charge in [0.05, 0.1) is 0 Å². The number of halogens is 1. The molecule has 0 amide bonds. The summed E-state index contributed by atoms with van der Waals surface area (Å²) in [4.78, 5) is 2.52. The normalized spacial score (nSPS) is 23.0. The zero-order chi connectivity index (χ0) is 15.2. The van der Waals surface area contributed by atoms with Crippen molar-refractivity contribution in [2.24, 2.45) is 11.8 Å². The Labute approximate surface area is 133 Å². The van der Waals surface area contributed by atoms with Crippen LogP contribution in [-0.2, 0) is 6.42 Å². The molecule has 2 rings (SSSR count). The van der Waals surface area contributed by atoms with Crippen LogP contribution < -0.4 is 4.74 Å². The lowest BCUT2D eigenvalue weighted by Crippen LogP contribution is -2.40. The van der Waals surface area contributed by atoms with Gasteiger partial charge in [-0.15, -0.1) is 6.58 Å². The van der Waals surface area contributed by atoms with Crippen molar-refractivity contribution in [3.05, 3.63) is 41.4 Å². The molecular formula is C18H26ClNO. The van der Waals surface area contributed by atoms with Gasteiger partial charge in [-0.2, -0.15) is 0 Å². The number of rotatable bonds is 6. The average molecular weight is 308 g/mol. The zero-order valence-electron chi connectivity index (χ0n) is 13.1. The van der Waals surface area contributed by atoms with Crippen LogP contribution in [0.15, 0.2) is 30.9 Å². The summed E-state index contributed by atoms with van der Waals surface area (Å²) in [6.45, 7) is 12.6. The van der Waals surface area contributed by atoms with Crippen LogP contribution in [0, 0.1) is 11.8 Å². The summed E-state index contributed by atoms with van der Waals surface area (Å²) >= 11 is 6.04. The highest BCUT2D eigenvalue weighted by molar-refractivity contribution is 6.30. The second kappa shape index (κ2) is 7.86. The Kier molecular flexibility index (Phi) is 6.13. The van der Waals surface area contributed by atoms with Gasteiger partial charge in [0.2, 0.25) is 0 Å². The number of ether oxygens (including phenoxy) is 1. The number of hydrogen-bond donors (Lipinski definition) is 0. The molecule has 1 saturated heterocycles. The second-order valence-electron chi connectivity index (χ2n) is 6.30. The van der Waals surface area contributed by atoms with Crippen molar-refractivity contribution in [3.8, 4) is 5.75 Å². The lowest BCUT2D eigenvalue weighted by atomic mass is 9.92. The van der Waals surface area contributed by atoms with Gasteiger partial charge in [-0.1, -0.05) is 31.5 Å². The van der Waals surface area contributed by atoms with E-state index in [1.165, 1.54) is 19.5 Å². The first kappa shape index (κ1) is 16.4. The molecule has 1 aromatic rings. The molecule has 21 heavy (non-hydrogen) atoms. The van der Waals surface area contributed by atoms with Crippen LogP contribution in [-0.4, -0.2) is 31.1 Å². The van der Waals surface area contributed by atoms with Crippen molar-refractivity contribution in [1.29, 1.82) is 0 Å². The Morgan fingerprint density at radius 2 is 2.05 bits per heavy atom. The first-order valence-corrected chi connectivity index (χ1v) is 8.20. The molecule has 0 aliphatic carbocycles. The number of piperidine rings is 1. The molecule has 2 atom stereocenters. The zero-order valence-corrected chi connectivity index (χ0v) is 13.9. The third-order valence-electron chi connectivity index (χ3n) is 4.00. The Balaban J connectivity index is 1.87. The largest absolute Gasteiger partial charge is 0.492 e. The molecule has 0 radical (unpaired) electrons. The molecule has 1 aliphatic rings. The van der Waals surface area contributed by atoms with Crippen molar-refractivity contribution in [1.82, 2.24) is 4.90 Å². The molecule has 2 nitrogen and oxygen atoms in total. The average Bonchev–Trinajstić information content (AvgIpc) is 2.40. The highest BCUT2D eigenvalue weighted by Crippen LogP contribution is 2.24. The van der Waals surface area contributed by atoms with Crippen molar-refractivity contribution in [3.63, 3.8) is 0 Å². The Bertz CT molecular complexity index is 464. The van der Waals surface area contributed by atoms with Gasteiger partial charge in [0.1, 0.15) is 12.4 Å². The van der Waals surface area contributed by atoms with Gasteiger partial charge in [0.15, 0.2) is 0 Å². The maximum Gasteiger partial charge on any atom is 0.122 e. The minimum Gasteiger partial charge on any atom is -0.492 e. The van der Waals surface area contributed by atoms with E-state index in [0.717, 1.165) is 47.7 Å². The molecule has 2 unspecified atom stereocenters. The highest BCUT2D eigenvalue weighted by Gasteiger charge is 2.21. The molecule has 0 aromatic heterocycles. The first-order valence-electron chi connectivity index (χ1n) is 7.83. The van der Waals surface area contributed by atoms with Gasteiger partial charge in [0, 0.05) is 24.7 Å². The van der Waals surface area contributed by atoms with E-state index in [1.54, 1.807) is 0 Å². The van der Waals surface area contributed by atoms with E-state index in [9.17, 15) is 0 Å². The summed E-state index contributed by atoms with van der Waals surface area (Å²) in [6.07, 6.45) is 4.01. The fourth-order valence-corrected chi connectivity index (χ4v) is 3.46. The first-order chi connectivity index (χ1) is 10.1. The van der Waals surface area contributed by atoms with Gasteiger partial charge in [-0.25, -0.2) is 0 Å². The van der Waals surface area contributed by atoms with Gasteiger partial charge in [-0.3, -0.25) is 4.90 Å². The van der Waals surface area contributed by atoms with Gasteiger partial charge in [0.25, 0.3) is 0 Å². The van der Waals surface area contributed by atoms with Crippen molar-refractivity contribution in [2.75, 3.05) is 26.2 Å². The van der Waals surface area contributed by atoms with Gasteiger partial charge < -0.3 is 4.74 Å². The van der Waals surface area contributed by atoms with Crippen LogP contribution in [0.2, 0.25) is 5.02 Å². The molecule has 1 aliphatic heterocycles. The van der Waals surface area contributed by atoms with E-state index in [2.05, 4.69) is 25.3 Å². The molecule has 0 bridgehead atoms. The summed E-state index contributed by atoms with van der Waals surface area (Å²) in [5.74, 6) is 2.51. The molecule has 0 N–H and O–H groups in total. The van der Waals surface area contributed by atoms with Crippen LogP contribution in [0.4, 0.5) is 0 Å². The Morgan fingerprint density at radius 1 is 1.33 bits per heavy atom. The molecule has 1 aromatic carbocycles. The van der Waals surface area contributed by atoms with Crippen LogP contribution in [0.25, 0.3) is 0 Å². The lowest BCUT2D eigenvalue weighted by molar-refractivity contribution is 0.120. The highest BCUT2D eigenvalue weighted by atomic mass is 35.5. The molecule has 1 fully saturated rings. The Hall–Kier alpha value is -0.990. The van der Waals surface area contributed by atoms with E-state index < -0.39 is 0 Å². The van der Waals surface area contributed by atoms with Gasteiger partial charge in [-0.05, 0) is 48.4 Å². The summed E-state index contributed by atoms with van der Waals surface area (Å²) in [5.41, 5.74) is 1.11. The number of hydrogen-bond acceptors (Lipinski definition) is 2. The molecule has 0 spiro atoms. The smallest absolute Gasteiger partial charge is 0.122 e. The predicted molar refractivity (Wildman–Crippen MR) is 90.2 cm³/mol. The van der Waals surface area contributed by atoms with Crippen LogP contribution >= 0.6 is 11.6 Å². The molecule has 0 saturated carbocycles. The fraction of sp³-hybridized carbons (Fsp3) is 0.556. The lowest BCUT2D eigenvalue weighted by Gasteiger charge is -2.34. The van der Waals surface area contributed by atoms with E-state index in [1.807, 2.05) is 24.3 Å². The Morgan fingerprint density at radius 3 is 2.71 bits per heavy atom. The monoisotopic (exact) mass is 307 g/mol. The van der Waals surface area contributed by atoms with Gasteiger partial charge >= 0.3 is 0 Å². The van der Waals surface area contributed by atoms with Crippen molar-refractivity contribution < 1.29 is 4.74 Å². The maximum atomic E-state index is 6.04. The standard InChI is InChI=1S/C18H26ClNO/c1-4-5-16-11-17(19)6-7-18(16)21-9-8-20-12-14(2)10-15(3)13-20/h4,6-7,11,14-15H,1,5,8-10,12-13H2,2-3H3. The second-order valence-corrected chi connectivity index (χ2v) is 6.74. The topological polar surface area (TPSA) is 12.5 Å². The number of allylic oxidation sites excluding steroid dienone is 1. The van der Waals surface area contributed by atoms with Crippen molar-refractivity contribution in [2.45, 2.75) is 26.7 Å². The quantitative estimate of drug-likeness (QED) is 0.721. The molecule has 3 heteroatoms. The van der Waals surface area contributed by atoms with E-state index >= 15 is 0 Å². The van der Waals surface area contributed by atoms with E-state index in [0.29, 0.717) is 0 Å². The number of benzene rings is 1. The van der Waals surface area contributed by atoms with E-state index in [-0.39, 0.29) is 0 Å². The fourth-order valence-electron chi connectivity index (χ4n) is 3.26. The molecular weight excluding hydrogens is 282 g/mol. The van der Waals surface area contributed by atoms with Crippen molar-refractivity contribution >= 4 is 11.6 Å². The minimum absolute atomic E-state index is 0.727. The summed E-state index contributed by atoms with van der Waals surface area (Å²) < 4.78 is 5.97. The van der Waals surface area contributed by atoms with Crippen LogP contribution in [0.1, 0.15) is 25.8 Å². The third-order valence-corrected chi connectivity index (χ3v) is 4.23. The SMILES string of the molecule is C=CCc1cc(Cl)ccc1OCCN1CC(C)CC(C)C1. The minimum atomic E-state index is 0.727. The maximum absolute atomic E-state index is 6.04. The van der Waals surface area contributed by atoms with Crippen LogP contribution in [0.3, 0.4) is 0 Å².